The average molecular weight is 167 g/mol. The van der Waals surface area contributed by atoms with Gasteiger partial charge >= 0.3 is 71.0 Å². The summed E-state index contributed by atoms with van der Waals surface area (Å²) in [6, 6.07) is 0. The number of rotatable bonds is 3. The number of allylic oxidation sites excluding steroid dienone is 1. The molecule has 0 bridgehead atoms. The third-order valence-electron chi connectivity index (χ3n) is 1.63. The van der Waals surface area contributed by atoms with Crippen LogP contribution in [0.15, 0.2) is 12.3 Å². The molecule has 5 heteroatoms. The maximum atomic E-state index is 8.13. The standard InChI is InChI=1S/C7H11BN2O2/c9-3-6-10-4-1-7(2-5-10)8-12-11/h1,4-5H,2-3,6,9H2/p+1. The Bertz CT molecular complexity index is 236. The van der Waals surface area contributed by atoms with E-state index >= 15 is 0 Å². The predicted molar refractivity (Wildman–Crippen MR) is 48.5 cm³/mol. The molecular formula is C7H12BN2O2+. The molecule has 1 aliphatic rings. The minimum atomic E-state index is 0.635. The van der Waals surface area contributed by atoms with Gasteiger partial charge in [0.05, 0.1) is 0 Å². The molecule has 0 aromatic heterocycles. The molecule has 3 N–H and O–H groups in total. The zero-order chi connectivity index (χ0) is 8.81. The molecule has 0 aromatic rings. The van der Waals surface area contributed by atoms with E-state index in [1.165, 1.54) is 7.12 Å². The quantitative estimate of drug-likeness (QED) is 0.251. The van der Waals surface area contributed by atoms with Crippen LogP contribution in [0, 0.1) is 0 Å². The molecule has 1 aliphatic heterocycles. The summed E-state index contributed by atoms with van der Waals surface area (Å²) in [6.45, 7) is 1.46. The zero-order valence-corrected chi connectivity index (χ0v) is 6.81. The van der Waals surface area contributed by atoms with Crippen molar-refractivity contribution in [1.29, 1.82) is 0 Å². The average Bonchev–Trinajstić information content (AvgIpc) is 2.09. The van der Waals surface area contributed by atoms with Crippen LogP contribution < -0.4 is 5.73 Å². The second kappa shape index (κ2) is 4.85. The Morgan fingerprint density at radius 1 is 1.75 bits per heavy atom. The SMILES string of the molecule is NCC[N+]1=CCC(=BOO)C=C1. The fourth-order valence-electron chi connectivity index (χ4n) is 1.01. The predicted octanol–water partition coefficient (Wildman–Crippen LogP) is -0.773. The summed E-state index contributed by atoms with van der Waals surface area (Å²) in [5.74, 6) is 0. The molecule has 64 valence electrons. The second-order valence-electron chi connectivity index (χ2n) is 2.53. The van der Waals surface area contributed by atoms with Crippen molar-refractivity contribution in [1.82, 2.24) is 0 Å². The van der Waals surface area contributed by atoms with Gasteiger partial charge in [0.2, 0.25) is 0 Å². The first-order valence-electron chi connectivity index (χ1n) is 3.83. The second-order valence-corrected chi connectivity index (χ2v) is 2.53. The molecule has 0 amide bonds. The molecule has 1 rings (SSSR count). The van der Waals surface area contributed by atoms with Gasteiger partial charge in [0.25, 0.3) is 0 Å². The summed E-state index contributed by atoms with van der Waals surface area (Å²) in [5, 5.41) is 8.13. The Hall–Kier alpha value is -0.935. The third-order valence-corrected chi connectivity index (χ3v) is 1.63. The Kier molecular flexibility index (Phi) is 3.70. The van der Waals surface area contributed by atoms with Crippen LogP contribution in [-0.2, 0) is 4.81 Å². The van der Waals surface area contributed by atoms with Crippen LogP contribution in [0.1, 0.15) is 6.42 Å². The van der Waals surface area contributed by atoms with E-state index in [4.69, 9.17) is 11.0 Å². The summed E-state index contributed by atoms with van der Waals surface area (Å²) in [5.41, 5.74) is 6.31. The topological polar surface area (TPSA) is 58.5 Å². The number of nitrogens with zero attached hydrogens (tertiary/aromatic N) is 1. The van der Waals surface area contributed by atoms with Gasteiger partial charge in [-0.1, -0.05) is 0 Å². The van der Waals surface area contributed by atoms with E-state index in [2.05, 4.69) is 4.81 Å². The maximum absolute atomic E-state index is 8.13. The molecule has 1 heterocycles. The van der Waals surface area contributed by atoms with Crippen molar-refractivity contribution < 1.29 is 14.6 Å². The van der Waals surface area contributed by atoms with Gasteiger partial charge in [0.1, 0.15) is 0 Å². The van der Waals surface area contributed by atoms with Gasteiger partial charge in [-0.3, -0.25) is 0 Å². The molecule has 0 atom stereocenters. The van der Waals surface area contributed by atoms with E-state index in [-0.39, 0.29) is 0 Å². The van der Waals surface area contributed by atoms with Crippen molar-refractivity contribution in [2.45, 2.75) is 6.42 Å². The Balaban J connectivity index is 2.49. The Morgan fingerprint density at radius 3 is 3.08 bits per heavy atom. The molecule has 0 aliphatic carbocycles. The van der Waals surface area contributed by atoms with Crippen molar-refractivity contribution >= 4 is 18.8 Å². The van der Waals surface area contributed by atoms with Gasteiger partial charge < -0.3 is 0 Å². The van der Waals surface area contributed by atoms with Gasteiger partial charge in [-0.2, -0.15) is 0 Å². The van der Waals surface area contributed by atoms with E-state index in [1.807, 2.05) is 23.1 Å². The molecule has 0 spiro atoms. The van der Waals surface area contributed by atoms with Crippen LogP contribution in [-0.4, -0.2) is 41.7 Å². The van der Waals surface area contributed by atoms with Crippen molar-refractivity contribution in [3.8, 4) is 0 Å². The summed E-state index contributed by atoms with van der Waals surface area (Å²) in [7, 11) is 1.31. The van der Waals surface area contributed by atoms with Gasteiger partial charge in [-0.15, -0.1) is 0 Å². The fourth-order valence-corrected chi connectivity index (χ4v) is 1.01. The fraction of sp³-hybridized carbons (Fsp3) is 0.429. The normalized spacial score (nSPS) is 18.8. The summed E-state index contributed by atoms with van der Waals surface area (Å²) >= 11 is 0. The molecular weight excluding hydrogens is 155 g/mol. The molecule has 12 heavy (non-hydrogen) atoms. The first-order valence-corrected chi connectivity index (χ1v) is 3.83. The van der Waals surface area contributed by atoms with E-state index in [0.717, 1.165) is 18.4 Å². The van der Waals surface area contributed by atoms with Gasteiger partial charge in [0, 0.05) is 0 Å². The van der Waals surface area contributed by atoms with Crippen LogP contribution in [0.3, 0.4) is 0 Å². The number of nitrogens with two attached hydrogens (primary N) is 1. The van der Waals surface area contributed by atoms with Crippen LogP contribution in [0.4, 0.5) is 0 Å². The van der Waals surface area contributed by atoms with E-state index in [0.29, 0.717) is 6.54 Å². The Morgan fingerprint density at radius 2 is 2.58 bits per heavy atom. The molecule has 0 unspecified atom stereocenters. The van der Waals surface area contributed by atoms with Crippen LogP contribution >= 0.6 is 0 Å². The molecule has 4 nitrogen and oxygen atoms in total. The molecule has 0 fully saturated rings. The van der Waals surface area contributed by atoms with Crippen molar-refractivity contribution in [2.75, 3.05) is 13.1 Å². The number of hydrogen-bond donors (Lipinski definition) is 2. The van der Waals surface area contributed by atoms with Crippen molar-refractivity contribution in [3.63, 3.8) is 0 Å². The molecule has 0 saturated heterocycles. The minimum absolute atomic E-state index is 0.635. The monoisotopic (exact) mass is 167 g/mol. The summed E-state index contributed by atoms with van der Waals surface area (Å²) in [6.07, 6.45) is 6.54. The first kappa shape index (κ1) is 9.16. The molecule has 0 aromatic carbocycles. The van der Waals surface area contributed by atoms with Crippen molar-refractivity contribution in [2.24, 2.45) is 5.73 Å². The van der Waals surface area contributed by atoms with Gasteiger partial charge in [0.15, 0.2) is 0 Å². The van der Waals surface area contributed by atoms with E-state index < -0.39 is 0 Å². The van der Waals surface area contributed by atoms with E-state index in [1.54, 1.807) is 0 Å². The Labute approximate surface area is 71.8 Å². The van der Waals surface area contributed by atoms with Crippen molar-refractivity contribution in [3.05, 3.63) is 12.3 Å². The summed E-state index contributed by atoms with van der Waals surface area (Å²) in [4.78, 5) is 3.90. The zero-order valence-electron chi connectivity index (χ0n) is 6.81. The number of hydrogen-bond acceptors (Lipinski definition) is 3. The van der Waals surface area contributed by atoms with Crippen LogP contribution in [0.5, 0.6) is 0 Å². The molecule has 0 saturated carbocycles. The van der Waals surface area contributed by atoms with E-state index in [9.17, 15) is 0 Å². The van der Waals surface area contributed by atoms with Gasteiger partial charge in [-0.25, -0.2) is 0 Å². The molecule has 0 radical (unpaired) electrons. The summed E-state index contributed by atoms with van der Waals surface area (Å²) < 4.78 is 2.01. The van der Waals surface area contributed by atoms with Crippen LogP contribution in [0.25, 0.3) is 0 Å². The van der Waals surface area contributed by atoms with Crippen LogP contribution in [0.2, 0.25) is 0 Å². The third kappa shape index (κ3) is 2.60. The van der Waals surface area contributed by atoms with Gasteiger partial charge in [-0.05, 0) is 0 Å². The first-order chi connectivity index (χ1) is 5.86.